The van der Waals surface area contributed by atoms with Crippen molar-refractivity contribution in [3.8, 4) is 0 Å². The first-order valence-electron chi connectivity index (χ1n) is 10.8. The van der Waals surface area contributed by atoms with Crippen molar-refractivity contribution in [2.24, 2.45) is 0 Å². The molecule has 7 heteroatoms. The number of ketones is 1. The molecule has 0 radical (unpaired) electrons. The first-order chi connectivity index (χ1) is 15.3. The summed E-state index contributed by atoms with van der Waals surface area (Å²) >= 11 is 0. The molecular formula is C25H29NO6. The van der Waals surface area contributed by atoms with Crippen LogP contribution in [-0.2, 0) is 0 Å². The molecule has 0 amide bonds. The van der Waals surface area contributed by atoms with Crippen molar-refractivity contribution in [2.45, 2.75) is 58.0 Å². The molecule has 2 aromatic rings. The molecule has 1 unspecified atom stereocenters. The van der Waals surface area contributed by atoms with E-state index >= 15 is 0 Å². The van der Waals surface area contributed by atoms with Crippen LogP contribution in [0.5, 0.6) is 0 Å². The van der Waals surface area contributed by atoms with Gasteiger partial charge in [-0.05, 0) is 42.8 Å². The van der Waals surface area contributed by atoms with Gasteiger partial charge in [-0.2, -0.15) is 0 Å². The minimum absolute atomic E-state index is 0.0523. The molecular weight excluding hydrogens is 410 g/mol. The molecule has 1 heterocycles. The van der Waals surface area contributed by atoms with E-state index in [-0.39, 0.29) is 22.4 Å². The Balaban J connectivity index is 2.07. The van der Waals surface area contributed by atoms with E-state index < -0.39 is 23.8 Å². The van der Waals surface area contributed by atoms with Gasteiger partial charge >= 0.3 is 11.9 Å². The van der Waals surface area contributed by atoms with Gasteiger partial charge in [0.1, 0.15) is 5.69 Å². The van der Waals surface area contributed by atoms with E-state index in [0.717, 1.165) is 31.0 Å². The third-order valence-electron chi connectivity index (χ3n) is 5.03. The average Bonchev–Trinajstić information content (AvgIpc) is 2.79. The van der Waals surface area contributed by atoms with Crippen LogP contribution in [0.4, 0.5) is 0 Å². The monoisotopic (exact) mass is 439 g/mol. The highest BCUT2D eigenvalue weighted by atomic mass is 16.4. The first kappa shape index (κ1) is 24.9. The smallest absolute Gasteiger partial charge is 0.335 e. The Morgan fingerprint density at radius 3 is 2.12 bits per heavy atom. The van der Waals surface area contributed by atoms with Crippen molar-refractivity contribution in [2.75, 3.05) is 0 Å². The zero-order chi connectivity index (χ0) is 23.5. The Bertz CT molecular complexity index is 950. The molecule has 1 aromatic heterocycles. The lowest BCUT2D eigenvalue weighted by Crippen LogP contribution is -2.10. The number of nitrogens with zero attached hydrogens (tertiary/aromatic N) is 1. The Morgan fingerprint density at radius 2 is 1.50 bits per heavy atom. The van der Waals surface area contributed by atoms with Gasteiger partial charge in [-0.25, -0.2) is 14.6 Å². The van der Waals surface area contributed by atoms with Crippen molar-refractivity contribution in [1.82, 2.24) is 4.98 Å². The first-order valence-corrected chi connectivity index (χ1v) is 10.8. The molecule has 1 aromatic carbocycles. The van der Waals surface area contributed by atoms with Crippen molar-refractivity contribution in [3.63, 3.8) is 0 Å². The van der Waals surface area contributed by atoms with Gasteiger partial charge < -0.3 is 15.3 Å². The molecule has 0 saturated carbocycles. The molecule has 1 atom stereocenters. The zero-order valence-electron chi connectivity index (χ0n) is 18.2. The number of carboxylic acids is 2. The molecule has 3 N–H and O–H groups in total. The highest BCUT2D eigenvalue weighted by molar-refractivity contribution is 6.10. The number of unbranched alkanes of at least 4 members (excludes halogenated alkanes) is 5. The van der Waals surface area contributed by atoms with Crippen LogP contribution in [-0.4, -0.2) is 44.1 Å². The topological polar surface area (TPSA) is 125 Å². The molecule has 2 rings (SSSR count). The van der Waals surface area contributed by atoms with Crippen molar-refractivity contribution in [1.29, 1.82) is 0 Å². The lowest BCUT2D eigenvalue weighted by atomic mass is 10.0. The molecule has 0 bridgehead atoms. The summed E-state index contributed by atoms with van der Waals surface area (Å²) in [5, 5.41) is 28.5. The highest BCUT2D eigenvalue weighted by Gasteiger charge is 2.17. The predicted octanol–water partition coefficient (Wildman–Crippen LogP) is 4.83. The fraction of sp³-hybridized carbons (Fsp3) is 0.360. The van der Waals surface area contributed by atoms with Crippen LogP contribution in [0, 0.1) is 0 Å². The highest BCUT2D eigenvalue weighted by Crippen LogP contribution is 2.16. The zero-order valence-corrected chi connectivity index (χ0v) is 18.2. The lowest BCUT2D eigenvalue weighted by Gasteiger charge is -2.07. The van der Waals surface area contributed by atoms with Crippen LogP contribution < -0.4 is 0 Å². The molecule has 0 spiro atoms. The summed E-state index contributed by atoms with van der Waals surface area (Å²) in [6, 6.07) is 8.04. The van der Waals surface area contributed by atoms with E-state index in [2.05, 4.69) is 11.9 Å². The molecule has 170 valence electrons. The van der Waals surface area contributed by atoms with Gasteiger partial charge in [-0.15, -0.1) is 0 Å². The fourth-order valence-corrected chi connectivity index (χ4v) is 3.26. The standard InChI is InChI=1S/C25H29NO6/c1-2-3-4-5-6-7-10-21(27)13-12-20-9-8-11-22(26-20)23(28)17-14-18(24(29)30)16-19(15-17)25(31)32/h8-9,11-16,21,27H,2-7,10H2,1H3,(H,29,30)(H,31,32)/b13-12+. The molecule has 7 nitrogen and oxygen atoms in total. The largest absolute Gasteiger partial charge is 0.478 e. The number of aliphatic hydroxyl groups is 1. The fourth-order valence-electron chi connectivity index (χ4n) is 3.26. The molecule has 32 heavy (non-hydrogen) atoms. The molecule has 0 fully saturated rings. The number of carbonyl (C=O) groups excluding carboxylic acids is 1. The minimum Gasteiger partial charge on any atom is -0.478 e. The second-order valence-corrected chi connectivity index (χ2v) is 7.67. The predicted molar refractivity (Wildman–Crippen MR) is 121 cm³/mol. The maximum absolute atomic E-state index is 12.8. The van der Waals surface area contributed by atoms with Crippen LogP contribution in [0.3, 0.4) is 0 Å². The number of rotatable bonds is 13. The summed E-state index contributed by atoms with van der Waals surface area (Å²) in [7, 11) is 0. The second-order valence-electron chi connectivity index (χ2n) is 7.67. The van der Waals surface area contributed by atoms with E-state index in [1.54, 1.807) is 24.3 Å². The third kappa shape index (κ3) is 7.74. The normalized spacial score (nSPS) is 12.1. The molecule has 0 aliphatic rings. The summed E-state index contributed by atoms with van der Waals surface area (Å²) in [5.41, 5.74) is -0.134. The van der Waals surface area contributed by atoms with Crippen molar-refractivity contribution < 1.29 is 29.7 Å². The molecule has 0 aliphatic carbocycles. The van der Waals surface area contributed by atoms with Gasteiger partial charge in [0.05, 0.1) is 22.9 Å². The maximum atomic E-state index is 12.8. The number of carbonyl (C=O) groups is 3. The number of aromatic nitrogens is 1. The van der Waals surface area contributed by atoms with Crippen LogP contribution in [0.15, 0.2) is 42.5 Å². The minimum atomic E-state index is -1.33. The van der Waals surface area contributed by atoms with E-state index in [0.29, 0.717) is 12.1 Å². The Kier molecular flexibility index (Phi) is 9.76. The third-order valence-corrected chi connectivity index (χ3v) is 5.03. The number of hydrogen-bond donors (Lipinski definition) is 3. The van der Waals surface area contributed by atoms with E-state index in [4.69, 9.17) is 0 Å². The van der Waals surface area contributed by atoms with E-state index in [9.17, 15) is 29.7 Å². The van der Waals surface area contributed by atoms with Crippen LogP contribution >= 0.6 is 0 Å². The number of hydrogen-bond acceptors (Lipinski definition) is 5. The maximum Gasteiger partial charge on any atom is 0.335 e. The van der Waals surface area contributed by atoms with Gasteiger partial charge in [0, 0.05) is 5.56 Å². The Hall–Kier alpha value is -3.32. The number of aliphatic hydroxyl groups excluding tert-OH is 1. The van der Waals surface area contributed by atoms with Crippen molar-refractivity contribution in [3.05, 3.63) is 70.6 Å². The van der Waals surface area contributed by atoms with Gasteiger partial charge in [0.25, 0.3) is 0 Å². The van der Waals surface area contributed by atoms with E-state index in [1.165, 1.54) is 31.7 Å². The summed E-state index contributed by atoms with van der Waals surface area (Å²) < 4.78 is 0. The van der Waals surface area contributed by atoms with Gasteiger partial charge in [-0.3, -0.25) is 4.79 Å². The summed E-state index contributed by atoms with van der Waals surface area (Å²) in [6.07, 6.45) is 10.2. The lowest BCUT2D eigenvalue weighted by molar-refractivity contribution is 0.0696. The Labute approximate surface area is 187 Å². The molecule has 0 saturated heterocycles. The van der Waals surface area contributed by atoms with Crippen LogP contribution in [0.2, 0.25) is 0 Å². The Morgan fingerprint density at radius 1 is 0.906 bits per heavy atom. The quantitative estimate of drug-likeness (QED) is 0.301. The summed E-state index contributed by atoms with van der Waals surface area (Å²) in [5.74, 6) is -3.24. The molecule has 0 aliphatic heterocycles. The van der Waals surface area contributed by atoms with Crippen molar-refractivity contribution >= 4 is 23.8 Å². The summed E-state index contributed by atoms with van der Waals surface area (Å²) in [6.45, 7) is 2.17. The second kappa shape index (κ2) is 12.5. The van der Waals surface area contributed by atoms with E-state index in [1.807, 2.05) is 0 Å². The van der Waals surface area contributed by atoms with Gasteiger partial charge in [-0.1, -0.05) is 57.6 Å². The van der Waals surface area contributed by atoms with Crippen LogP contribution in [0.1, 0.15) is 94.3 Å². The summed E-state index contributed by atoms with van der Waals surface area (Å²) in [4.78, 5) is 39.6. The number of pyridine rings is 1. The number of carboxylic acid groups (broad SMARTS) is 2. The van der Waals surface area contributed by atoms with Gasteiger partial charge in [0.2, 0.25) is 5.78 Å². The number of benzene rings is 1. The van der Waals surface area contributed by atoms with Crippen LogP contribution in [0.25, 0.3) is 6.08 Å². The SMILES string of the molecule is CCCCCCCCC(O)/C=C/c1cccc(C(=O)c2cc(C(=O)O)cc(C(=O)O)c2)n1. The average molecular weight is 440 g/mol. The number of aromatic carboxylic acids is 2. The van der Waals surface area contributed by atoms with Gasteiger partial charge in [0.15, 0.2) is 0 Å².